The van der Waals surface area contributed by atoms with E-state index < -0.39 is 0 Å². The Kier molecular flexibility index (Phi) is 3.91. The third-order valence-corrected chi connectivity index (χ3v) is 3.10. The van der Waals surface area contributed by atoms with Gasteiger partial charge >= 0.3 is 0 Å². The van der Waals surface area contributed by atoms with Gasteiger partial charge in [-0.2, -0.15) is 0 Å². The lowest BCUT2D eigenvalue weighted by atomic mass is 10.2. The summed E-state index contributed by atoms with van der Waals surface area (Å²) in [6, 6.07) is 4.92. The molecule has 1 aliphatic rings. The Balaban J connectivity index is 1.81. The summed E-state index contributed by atoms with van der Waals surface area (Å²) in [5.41, 5.74) is 2.38. The lowest BCUT2D eigenvalue weighted by molar-refractivity contribution is 0.290. The Morgan fingerprint density at radius 1 is 1.50 bits per heavy atom. The Morgan fingerprint density at radius 2 is 2.38 bits per heavy atom. The Bertz CT molecular complexity index is 314. The SMILES string of the molecule is Cc1ccc(CN(C)CC2CCCN2)nc1. The Labute approximate surface area is 97.9 Å². The van der Waals surface area contributed by atoms with Gasteiger partial charge in [0.25, 0.3) is 0 Å². The number of pyridine rings is 1. The van der Waals surface area contributed by atoms with E-state index in [9.17, 15) is 0 Å². The number of aryl methyl sites for hydroxylation is 1. The first-order valence-electron chi connectivity index (χ1n) is 6.07. The van der Waals surface area contributed by atoms with Crippen LogP contribution in [-0.4, -0.2) is 36.1 Å². The molecule has 0 spiro atoms. The minimum atomic E-state index is 0.676. The van der Waals surface area contributed by atoms with E-state index in [2.05, 4.69) is 41.3 Å². The van der Waals surface area contributed by atoms with Crippen LogP contribution in [0.15, 0.2) is 18.3 Å². The fraction of sp³-hybridized carbons (Fsp3) is 0.615. The molecule has 1 N–H and O–H groups in total. The molecule has 1 unspecified atom stereocenters. The van der Waals surface area contributed by atoms with E-state index in [-0.39, 0.29) is 0 Å². The van der Waals surface area contributed by atoms with E-state index in [4.69, 9.17) is 0 Å². The van der Waals surface area contributed by atoms with Crippen molar-refractivity contribution in [1.82, 2.24) is 15.2 Å². The van der Waals surface area contributed by atoms with Crippen molar-refractivity contribution in [2.45, 2.75) is 32.4 Å². The van der Waals surface area contributed by atoms with Gasteiger partial charge < -0.3 is 5.32 Å². The molecule has 3 heteroatoms. The van der Waals surface area contributed by atoms with Crippen molar-refractivity contribution in [1.29, 1.82) is 0 Å². The van der Waals surface area contributed by atoms with Crippen molar-refractivity contribution in [2.75, 3.05) is 20.1 Å². The highest BCUT2D eigenvalue weighted by Gasteiger charge is 2.15. The molecule has 16 heavy (non-hydrogen) atoms. The van der Waals surface area contributed by atoms with Gasteiger partial charge in [0.2, 0.25) is 0 Å². The van der Waals surface area contributed by atoms with Crippen molar-refractivity contribution in [3.05, 3.63) is 29.6 Å². The summed E-state index contributed by atoms with van der Waals surface area (Å²) < 4.78 is 0. The smallest absolute Gasteiger partial charge is 0.0544 e. The van der Waals surface area contributed by atoms with Crippen LogP contribution in [-0.2, 0) is 6.54 Å². The van der Waals surface area contributed by atoms with Crippen molar-refractivity contribution in [2.24, 2.45) is 0 Å². The van der Waals surface area contributed by atoms with Crippen LogP contribution < -0.4 is 5.32 Å². The first-order chi connectivity index (χ1) is 7.74. The van der Waals surface area contributed by atoms with E-state index in [1.165, 1.54) is 24.9 Å². The first-order valence-corrected chi connectivity index (χ1v) is 6.07. The molecule has 2 heterocycles. The number of rotatable bonds is 4. The Morgan fingerprint density at radius 3 is 3.00 bits per heavy atom. The van der Waals surface area contributed by atoms with E-state index in [1.807, 2.05) is 6.20 Å². The van der Waals surface area contributed by atoms with Gasteiger partial charge in [-0.25, -0.2) is 0 Å². The molecular weight excluding hydrogens is 198 g/mol. The fourth-order valence-corrected chi connectivity index (χ4v) is 2.22. The maximum atomic E-state index is 4.43. The summed E-state index contributed by atoms with van der Waals surface area (Å²) in [7, 11) is 2.17. The zero-order valence-corrected chi connectivity index (χ0v) is 10.2. The fourth-order valence-electron chi connectivity index (χ4n) is 2.22. The number of aromatic nitrogens is 1. The lowest BCUT2D eigenvalue weighted by Gasteiger charge is -2.20. The van der Waals surface area contributed by atoms with E-state index in [0.717, 1.165) is 18.8 Å². The van der Waals surface area contributed by atoms with E-state index in [1.54, 1.807) is 0 Å². The standard InChI is InChI=1S/C13H21N3/c1-11-5-6-13(15-8-11)10-16(2)9-12-4-3-7-14-12/h5-6,8,12,14H,3-4,7,9-10H2,1-2H3. The number of nitrogens with one attached hydrogen (secondary N) is 1. The Hall–Kier alpha value is -0.930. The summed E-state index contributed by atoms with van der Waals surface area (Å²) in [6.45, 7) is 5.32. The maximum absolute atomic E-state index is 4.43. The number of nitrogens with zero attached hydrogens (tertiary/aromatic N) is 2. The van der Waals surface area contributed by atoms with Crippen LogP contribution in [0, 0.1) is 6.92 Å². The molecule has 0 amide bonds. The average molecular weight is 219 g/mol. The summed E-state index contributed by atoms with van der Waals surface area (Å²) in [5, 5.41) is 3.52. The van der Waals surface area contributed by atoms with E-state index in [0.29, 0.717) is 6.04 Å². The molecule has 1 saturated heterocycles. The molecule has 0 aliphatic carbocycles. The minimum Gasteiger partial charge on any atom is -0.313 e. The summed E-state index contributed by atoms with van der Waals surface area (Å²) in [6.07, 6.45) is 4.57. The third-order valence-electron chi connectivity index (χ3n) is 3.10. The molecule has 2 rings (SSSR count). The first kappa shape index (κ1) is 11.6. The van der Waals surface area contributed by atoms with Crippen LogP contribution in [0.4, 0.5) is 0 Å². The van der Waals surface area contributed by atoms with Gasteiger partial charge in [-0.3, -0.25) is 9.88 Å². The van der Waals surface area contributed by atoms with Crippen LogP contribution in [0.3, 0.4) is 0 Å². The van der Waals surface area contributed by atoms with Gasteiger partial charge in [0.05, 0.1) is 5.69 Å². The summed E-state index contributed by atoms with van der Waals surface area (Å²) in [4.78, 5) is 6.78. The highest BCUT2D eigenvalue weighted by atomic mass is 15.1. The molecular formula is C13H21N3. The normalized spacial score (nSPS) is 20.6. The second-order valence-corrected chi connectivity index (χ2v) is 4.82. The molecule has 1 aromatic rings. The maximum Gasteiger partial charge on any atom is 0.0544 e. The van der Waals surface area contributed by atoms with Crippen molar-refractivity contribution >= 4 is 0 Å². The van der Waals surface area contributed by atoms with Crippen molar-refractivity contribution < 1.29 is 0 Å². The van der Waals surface area contributed by atoms with Gasteiger partial charge in [0, 0.05) is 25.3 Å². The lowest BCUT2D eigenvalue weighted by Crippen LogP contribution is -2.35. The molecule has 88 valence electrons. The van der Waals surface area contributed by atoms with Gasteiger partial charge in [-0.05, 0) is 45.0 Å². The zero-order valence-electron chi connectivity index (χ0n) is 10.2. The van der Waals surface area contributed by atoms with Crippen LogP contribution in [0.1, 0.15) is 24.1 Å². The van der Waals surface area contributed by atoms with Crippen LogP contribution in [0.2, 0.25) is 0 Å². The predicted molar refractivity (Wildman–Crippen MR) is 66.3 cm³/mol. The monoisotopic (exact) mass is 219 g/mol. The number of likely N-dealkylation sites (N-methyl/N-ethyl adjacent to an activating group) is 1. The molecule has 1 fully saturated rings. The minimum absolute atomic E-state index is 0.676. The van der Waals surface area contributed by atoms with Gasteiger partial charge in [-0.1, -0.05) is 6.07 Å². The average Bonchev–Trinajstić information content (AvgIpc) is 2.74. The molecule has 3 nitrogen and oxygen atoms in total. The zero-order chi connectivity index (χ0) is 11.4. The van der Waals surface area contributed by atoms with Gasteiger partial charge in [0.15, 0.2) is 0 Å². The van der Waals surface area contributed by atoms with Crippen LogP contribution in [0.25, 0.3) is 0 Å². The van der Waals surface area contributed by atoms with Crippen molar-refractivity contribution in [3.63, 3.8) is 0 Å². The van der Waals surface area contributed by atoms with Crippen LogP contribution in [0.5, 0.6) is 0 Å². The second-order valence-electron chi connectivity index (χ2n) is 4.82. The third kappa shape index (κ3) is 3.29. The quantitative estimate of drug-likeness (QED) is 0.833. The highest BCUT2D eigenvalue weighted by molar-refractivity contribution is 5.12. The van der Waals surface area contributed by atoms with E-state index >= 15 is 0 Å². The highest BCUT2D eigenvalue weighted by Crippen LogP contribution is 2.08. The molecule has 0 radical (unpaired) electrons. The van der Waals surface area contributed by atoms with Gasteiger partial charge in [0.1, 0.15) is 0 Å². The molecule has 1 aliphatic heterocycles. The summed E-state index contributed by atoms with van der Waals surface area (Å²) in [5.74, 6) is 0. The number of hydrogen-bond acceptors (Lipinski definition) is 3. The molecule has 0 bridgehead atoms. The molecule has 0 aromatic carbocycles. The molecule has 1 atom stereocenters. The molecule has 1 aromatic heterocycles. The van der Waals surface area contributed by atoms with Gasteiger partial charge in [-0.15, -0.1) is 0 Å². The second kappa shape index (κ2) is 5.41. The topological polar surface area (TPSA) is 28.2 Å². The number of hydrogen-bond donors (Lipinski definition) is 1. The summed E-state index contributed by atoms with van der Waals surface area (Å²) >= 11 is 0. The van der Waals surface area contributed by atoms with Crippen LogP contribution >= 0.6 is 0 Å². The predicted octanol–water partition coefficient (Wildman–Crippen LogP) is 1.57. The van der Waals surface area contributed by atoms with Crippen molar-refractivity contribution in [3.8, 4) is 0 Å². The largest absolute Gasteiger partial charge is 0.313 e. The molecule has 0 saturated carbocycles.